The molecule has 134 valence electrons. The fourth-order valence-electron chi connectivity index (χ4n) is 2.14. The van der Waals surface area contributed by atoms with Crippen LogP contribution >= 0.6 is 0 Å². The van der Waals surface area contributed by atoms with Crippen molar-refractivity contribution in [3.8, 4) is 0 Å². The summed E-state index contributed by atoms with van der Waals surface area (Å²) >= 11 is 0. The molecule has 1 aromatic carbocycles. The normalized spacial score (nSPS) is 12.0. The average Bonchev–Trinajstić information content (AvgIpc) is 2.90. The Morgan fingerprint density at radius 2 is 1.88 bits per heavy atom. The van der Waals surface area contributed by atoms with Crippen molar-refractivity contribution in [2.24, 2.45) is 0 Å². The molecule has 25 heavy (non-hydrogen) atoms. The molecule has 0 radical (unpaired) electrons. The third kappa shape index (κ3) is 5.27. The van der Waals surface area contributed by atoms with Gasteiger partial charge in [-0.05, 0) is 31.5 Å². The van der Waals surface area contributed by atoms with Crippen LogP contribution in [0.25, 0.3) is 5.57 Å². The number of anilines is 1. The number of nitrogens with one attached hydrogen (secondary N) is 1. The largest absolute Gasteiger partial charge is 0.389 e. The van der Waals surface area contributed by atoms with Crippen LogP contribution in [0, 0.1) is 0 Å². The van der Waals surface area contributed by atoms with Crippen molar-refractivity contribution in [1.82, 2.24) is 9.78 Å². The van der Waals surface area contributed by atoms with Crippen LogP contribution in [0.15, 0.2) is 48.0 Å². The van der Waals surface area contributed by atoms with Crippen LogP contribution in [0.5, 0.6) is 0 Å². The summed E-state index contributed by atoms with van der Waals surface area (Å²) in [6, 6.07) is 7.54. The van der Waals surface area contributed by atoms with Gasteiger partial charge in [0.2, 0.25) is 0 Å². The molecule has 0 spiro atoms. The van der Waals surface area contributed by atoms with Crippen LogP contribution < -0.4 is 5.32 Å². The topological polar surface area (TPSA) is 101 Å². The number of hydrogen-bond donors (Lipinski definition) is 2. The van der Waals surface area contributed by atoms with Crippen LogP contribution in [0.3, 0.4) is 0 Å². The summed E-state index contributed by atoms with van der Waals surface area (Å²) in [5, 5.41) is 16.6. The first kappa shape index (κ1) is 18.9. The standard InChI is InChI=1S/C17H21N3O4S/c1-12(13-5-7-14(8-6-13)25(4,23)24)16(21)18-15-9-10-20(19-15)11-17(2,3)22/h5-10,22H,1,11H2,2-4H3,(H,18,19,21). The smallest absolute Gasteiger partial charge is 0.256 e. The van der Waals surface area contributed by atoms with Gasteiger partial charge in [0, 0.05) is 24.1 Å². The van der Waals surface area contributed by atoms with E-state index in [1.165, 1.54) is 28.9 Å². The van der Waals surface area contributed by atoms with Gasteiger partial charge in [-0.25, -0.2) is 8.42 Å². The van der Waals surface area contributed by atoms with Gasteiger partial charge in [-0.1, -0.05) is 18.7 Å². The highest BCUT2D eigenvalue weighted by atomic mass is 32.2. The maximum absolute atomic E-state index is 12.3. The molecule has 0 aliphatic rings. The second-order valence-corrected chi connectivity index (χ2v) is 8.46. The van der Waals surface area contributed by atoms with E-state index < -0.39 is 21.3 Å². The Labute approximate surface area is 146 Å². The van der Waals surface area contributed by atoms with E-state index in [-0.39, 0.29) is 17.0 Å². The lowest BCUT2D eigenvalue weighted by atomic mass is 10.1. The first-order valence-corrected chi connectivity index (χ1v) is 9.41. The summed E-state index contributed by atoms with van der Waals surface area (Å²) in [7, 11) is -3.29. The number of carbonyl (C=O) groups is 1. The molecule has 0 aliphatic heterocycles. The van der Waals surface area contributed by atoms with Gasteiger partial charge in [0.25, 0.3) is 5.91 Å². The van der Waals surface area contributed by atoms with E-state index in [0.29, 0.717) is 11.4 Å². The Balaban J connectivity index is 2.07. The fourth-order valence-corrected chi connectivity index (χ4v) is 2.77. The SMILES string of the molecule is C=C(C(=O)Nc1ccn(CC(C)(C)O)n1)c1ccc(S(C)(=O)=O)cc1. The Kier molecular flexibility index (Phi) is 5.15. The summed E-state index contributed by atoms with van der Waals surface area (Å²) in [5.74, 6) is -0.108. The highest BCUT2D eigenvalue weighted by Gasteiger charge is 2.16. The molecule has 1 aromatic heterocycles. The van der Waals surface area contributed by atoms with Gasteiger partial charge in [0.1, 0.15) is 0 Å². The predicted octanol–water partition coefficient (Wildman–Crippen LogP) is 1.71. The maximum Gasteiger partial charge on any atom is 0.256 e. The Morgan fingerprint density at radius 3 is 2.40 bits per heavy atom. The van der Waals surface area contributed by atoms with Gasteiger partial charge < -0.3 is 10.4 Å². The molecule has 7 nitrogen and oxygen atoms in total. The monoisotopic (exact) mass is 363 g/mol. The van der Waals surface area contributed by atoms with Crippen molar-refractivity contribution in [2.75, 3.05) is 11.6 Å². The molecule has 2 N–H and O–H groups in total. The molecule has 2 rings (SSSR count). The van der Waals surface area contributed by atoms with Crippen LogP contribution in [0.1, 0.15) is 19.4 Å². The molecule has 0 bridgehead atoms. The first-order valence-electron chi connectivity index (χ1n) is 7.52. The molecule has 0 fully saturated rings. The number of nitrogens with zero attached hydrogens (tertiary/aromatic N) is 2. The lowest BCUT2D eigenvalue weighted by Gasteiger charge is -2.16. The van der Waals surface area contributed by atoms with Crippen molar-refractivity contribution in [2.45, 2.75) is 30.9 Å². The van der Waals surface area contributed by atoms with E-state index >= 15 is 0 Å². The number of benzene rings is 1. The van der Waals surface area contributed by atoms with E-state index in [9.17, 15) is 18.3 Å². The summed E-state index contributed by atoms with van der Waals surface area (Å²) < 4.78 is 24.4. The minimum atomic E-state index is -3.29. The minimum absolute atomic E-state index is 0.176. The lowest BCUT2D eigenvalue weighted by Crippen LogP contribution is -2.26. The van der Waals surface area contributed by atoms with Crippen molar-refractivity contribution < 1.29 is 18.3 Å². The lowest BCUT2D eigenvalue weighted by molar-refractivity contribution is -0.111. The Hall–Kier alpha value is -2.45. The van der Waals surface area contributed by atoms with Gasteiger partial charge >= 0.3 is 0 Å². The summed E-state index contributed by atoms with van der Waals surface area (Å²) in [4.78, 5) is 12.4. The molecule has 2 aromatic rings. The highest BCUT2D eigenvalue weighted by molar-refractivity contribution is 7.90. The number of rotatable bonds is 6. The van der Waals surface area contributed by atoms with Crippen LogP contribution in [0.2, 0.25) is 0 Å². The Bertz CT molecular complexity index is 891. The molecule has 0 saturated heterocycles. The van der Waals surface area contributed by atoms with Gasteiger partial charge in [0.15, 0.2) is 15.7 Å². The van der Waals surface area contributed by atoms with Crippen LogP contribution in [-0.2, 0) is 21.2 Å². The molecule has 0 atom stereocenters. The second kappa shape index (κ2) is 6.81. The zero-order valence-corrected chi connectivity index (χ0v) is 15.2. The van der Waals surface area contributed by atoms with Crippen molar-refractivity contribution >= 4 is 27.1 Å². The molecule has 0 saturated carbocycles. The minimum Gasteiger partial charge on any atom is -0.389 e. The Morgan fingerprint density at radius 1 is 1.28 bits per heavy atom. The maximum atomic E-state index is 12.3. The van der Waals surface area contributed by atoms with E-state index in [1.807, 2.05) is 0 Å². The quantitative estimate of drug-likeness (QED) is 0.761. The van der Waals surface area contributed by atoms with E-state index in [2.05, 4.69) is 17.0 Å². The van der Waals surface area contributed by atoms with Gasteiger partial charge in [-0.2, -0.15) is 5.10 Å². The van der Waals surface area contributed by atoms with E-state index in [0.717, 1.165) is 6.26 Å². The first-order chi connectivity index (χ1) is 11.5. The average molecular weight is 363 g/mol. The molecular weight excluding hydrogens is 342 g/mol. The van der Waals surface area contributed by atoms with Gasteiger partial charge in [0.05, 0.1) is 17.0 Å². The van der Waals surface area contributed by atoms with E-state index in [1.54, 1.807) is 26.1 Å². The number of hydrogen-bond acceptors (Lipinski definition) is 5. The molecular formula is C17H21N3O4S. The molecule has 0 aliphatic carbocycles. The van der Waals surface area contributed by atoms with Gasteiger partial charge in [-0.15, -0.1) is 0 Å². The summed E-state index contributed by atoms with van der Waals surface area (Å²) in [6.45, 7) is 7.35. The molecule has 8 heteroatoms. The molecule has 1 heterocycles. The van der Waals surface area contributed by atoms with Crippen LogP contribution in [-0.4, -0.2) is 41.1 Å². The highest BCUT2D eigenvalue weighted by Crippen LogP contribution is 2.18. The number of carbonyl (C=O) groups excluding carboxylic acids is 1. The molecule has 0 unspecified atom stereocenters. The number of sulfone groups is 1. The zero-order chi connectivity index (χ0) is 18.8. The van der Waals surface area contributed by atoms with Crippen molar-refractivity contribution in [1.29, 1.82) is 0 Å². The van der Waals surface area contributed by atoms with Crippen molar-refractivity contribution in [3.05, 3.63) is 48.7 Å². The second-order valence-electron chi connectivity index (χ2n) is 6.44. The third-order valence-corrected chi connectivity index (χ3v) is 4.46. The van der Waals surface area contributed by atoms with E-state index in [4.69, 9.17) is 0 Å². The fraction of sp³-hybridized carbons (Fsp3) is 0.294. The predicted molar refractivity (Wildman–Crippen MR) is 95.7 cm³/mol. The van der Waals surface area contributed by atoms with Crippen molar-refractivity contribution in [3.63, 3.8) is 0 Å². The summed E-state index contributed by atoms with van der Waals surface area (Å²) in [5.41, 5.74) is -0.212. The summed E-state index contributed by atoms with van der Waals surface area (Å²) in [6.07, 6.45) is 2.77. The number of aromatic nitrogens is 2. The van der Waals surface area contributed by atoms with Gasteiger partial charge in [-0.3, -0.25) is 9.48 Å². The molecule has 1 amide bonds. The number of aliphatic hydroxyl groups is 1. The number of amides is 1. The third-order valence-electron chi connectivity index (χ3n) is 3.34. The van der Waals surface area contributed by atoms with Crippen LogP contribution in [0.4, 0.5) is 5.82 Å². The zero-order valence-electron chi connectivity index (χ0n) is 14.4.